The van der Waals surface area contributed by atoms with Crippen molar-refractivity contribution in [3.63, 3.8) is 0 Å². The van der Waals surface area contributed by atoms with Gasteiger partial charge in [0.2, 0.25) is 5.91 Å². The molecule has 0 bridgehead atoms. The van der Waals surface area contributed by atoms with Crippen molar-refractivity contribution in [2.24, 2.45) is 0 Å². The number of imidazole rings is 1. The minimum Gasteiger partial charge on any atom is -0.328 e. The average molecular weight is 376 g/mol. The summed E-state index contributed by atoms with van der Waals surface area (Å²) in [5.74, 6) is 1.41. The Morgan fingerprint density at radius 3 is 2.64 bits per heavy atom. The van der Waals surface area contributed by atoms with Gasteiger partial charge in [-0.3, -0.25) is 4.79 Å². The largest absolute Gasteiger partial charge is 0.328 e. The summed E-state index contributed by atoms with van der Waals surface area (Å²) >= 11 is 0. The zero-order chi connectivity index (χ0) is 19.5. The predicted octanol–water partition coefficient (Wildman–Crippen LogP) is 5.45. The summed E-state index contributed by atoms with van der Waals surface area (Å²) in [4.78, 5) is 19.7. The van der Waals surface area contributed by atoms with E-state index in [4.69, 9.17) is 4.98 Å². The molecule has 2 aromatic carbocycles. The number of unbranched alkanes of at least 4 members (excludes halogenated alkanes) is 3. The van der Waals surface area contributed by atoms with Gasteiger partial charge in [0, 0.05) is 31.1 Å². The van der Waals surface area contributed by atoms with Crippen LogP contribution in [0.2, 0.25) is 0 Å². The van der Waals surface area contributed by atoms with Gasteiger partial charge in [0.05, 0.1) is 11.0 Å². The third kappa shape index (κ3) is 3.56. The minimum absolute atomic E-state index is 0.144. The molecule has 1 unspecified atom stereocenters. The number of para-hydroxylation sites is 3. The molecule has 28 heavy (non-hydrogen) atoms. The molecule has 0 radical (unpaired) electrons. The number of aromatic nitrogens is 2. The highest BCUT2D eigenvalue weighted by molar-refractivity contribution is 5.97. The fourth-order valence-corrected chi connectivity index (χ4v) is 4.32. The Balaban J connectivity index is 1.63. The number of aryl methyl sites for hydroxylation is 2. The molecule has 1 atom stereocenters. The zero-order valence-corrected chi connectivity index (χ0v) is 16.9. The molecule has 1 aliphatic rings. The Kier molecular flexibility index (Phi) is 5.47. The number of benzene rings is 2. The molecule has 2 heterocycles. The summed E-state index contributed by atoms with van der Waals surface area (Å²) in [6, 6.07) is 16.5. The maximum absolute atomic E-state index is 12.8. The first-order valence-corrected chi connectivity index (χ1v) is 10.5. The topological polar surface area (TPSA) is 38.1 Å². The van der Waals surface area contributed by atoms with Crippen molar-refractivity contribution in [3.05, 3.63) is 59.9 Å². The highest BCUT2D eigenvalue weighted by Gasteiger charge is 2.35. The summed E-state index contributed by atoms with van der Waals surface area (Å²) in [5, 5.41) is 0. The van der Waals surface area contributed by atoms with Gasteiger partial charge in [0.15, 0.2) is 0 Å². The van der Waals surface area contributed by atoms with Gasteiger partial charge in [-0.15, -0.1) is 0 Å². The first-order chi connectivity index (χ1) is 13.7. The monoisotopic (exact) mass is 375 g/mol. The van der Waals surface area contributed by atoms with Gasteiger partial charge in [-0.2, -0.15) is 0 Å². The molecular formula is C24H29N3O. The van der Waals surface area contributed by atoms with Gasteiger partial charge in [-0.1, -0.05) is 56.5 Å². The third-order valence-electron chi connectivity index (χ3n) is 5.82. The first-order valence-electron chi connectivity index (χ1n) is 10.5. The average Bonchev–Trinajstić information content (AvgIpc) is 3.26. The van der Waals surface area contributed by atoms with Crippen LogP contribution in [0.15, 0.2) is 48.5 Å². The van der Waals surface area contributed by atoms with Gasteiger partial charge in [0.1, 0.15) is 5.82 Å². The maximum Gasteiger partial charge on any atom is 0.227 e. The SMILES string of the molecule is CCCCCCn1c(C2CC(=O)N(c3ccccc3C)C2)nc2ccccc21. The number of hydrogen-bond acceptors (Lipinski definition) is 2. The van der Waals surface area contributed by atoms with Crippen molar-refractivity contribution in [2.75, 3.05) is 11.4 Å². The van der Waals surface area contributed by atoms with Crippen LogP contribution in [-0.2, 0) is 11.3 Å². The lowest BCUT2D eigenvalue weighted by Gasteiger charge is -2.19. The lowest BCUT2D eigenvalue weighted by atomic mass is 10.1. The van der Waals surface area contributed by atoms with Crippen LogP contribution in [0.4, 0.5) is 5.69 Å². The molecule has 0 saturated carbocycles. The molecule has 1 aromatic heterocycles. The molecule has 146 valence electrons. The molecule has 4 nitrogen and oxygen atoms in total. The van der Waals surface area contributed by atoms with E-state index in [-0.39, 0.29) is 11.8 Å². The van der Waals surface area contributed by atoms with Crippen molar-refractivity contribution >= 4 is 22.6 Å². The van der Waals surface area contributed by atoms with Gasteiger partial charge < -0.3 is 9.47 Å². The second-order valence-electron chi connectivity index (χ2n) is 7.86. The van der Waals surface area contributed by atoms with E-state index < -0.39 is 0 Å². The molecule has 0 spiro atoms. The molecule has 4 rings (SSSR count). The van der Waals surface area contributed by atoms with Crippen molar-refractivity contribution in [1.82, 2.24) is 9.55 Å². The van der Waals surface area contributed by atoms with Crippen LogP contribution < -0.4 is 4.90 Å². The van der Waals surface area contributed by atoms with E-state index in [0.717, 1.165) is 35.6 Å². The van der Waals surface area contributed by atoms with Crippen LogP contribution >= 0.6 is 0 Å². The lowest BCUT2D eigenvalue weighted by molar-refractivity contribution is -0.117. The van der Waals surface area contributed by atoms with Crippen molar-refractivity contribution in [2.45, 2.75) is 58.4 Å². The molecule has 0 N–H and O–H groups in total. The molecule has 1 fully saturated rings. The van der Waals surface area contributed by atoms with E-state index in [1.807, 2.05) is 29.2 Å². The van der Waals surface area contributed by atoms with Crippen molar-refractivity contribution in [1.29, 1.82) is 0 Å². The number of carbonyl (C=O) groups excluding carboxylic acids is 1. The van der Waals surface area contributed by atoms with Gasteiger partial charge >= 0.3 is 0 Å². The smallest absolute Gasteiger partial charge is 0.227 e. The van der Waals surface area contributed by atoms with Gasteiger partial charge in [-0.05, 0) is 37.1 Å². The first kappa shape index (κ1) is 18.7. The summed E-state index contributed by atoms with van der Waals surface area (Å²) < 4.78 is 2.37. The fourth-order valence-electron chi connectivity index (χ4n) is 4.32. The van der Waals surface area contributed by atoms with Crippen LogP contribution in [-0.4, -0.2) is 22.0 Å². The molecule has 1 saturated heterocycles. The minimum atomic E-state index is 0.144. The Hall–Kier alpha value is -2.62. The van der Waals surface area contributed by atoms with Crippen LogP contribution in [0.1, 0.15) is 56.3 Å². The van der Waals surface area contributed by atoms with E-state index in [9.17, 15) is 4.79 Å². The number of nitrogens with zero attached hydrogens (tertiary/aromatic N) is 3. The molecule has 1 amide bonds. The van der Waals surface area contributed by atoms with Gasteiger partial charge in [-0.25, -0.2) is 4.98 Å². The molecule has 0 aliphatic carbocycles. The summed E-state index contributed by atoms with van der Waals surface area (Å²) in [6.07, 6.45) is 5.43. The highest BCUT2D eigenvalue weighted by Crippen LogP contribution is 2.34. The van der Waals surface area contributed by atoms with E-state index in [0.29, 0.717) is 13.0 Å². The van der Waals surface area contributed by atoms with Crippen molar-refractivity contribution in [3.8, 4) is 0 Å². The molecule has 4 heteroatoms. The lowest BCUT2D eigenvalue weighted by Crippen LogP contribution is -2.25. The van der Waals surface area contributed by atoms with Gasteiger partial charge in [0.25, 0.3) is 0 Å². The Morgan fingerprint density at radius 1 is 1.04 bits per heavy atom. The standard InChI is InChI=1S/C24H29N3O/c1-3-4-5-10-15-26-22-14-9-7-12-20(22)25-24(26)19-16-23(28)27(17-19)21-13-8-6-11-18(21)2/h6-9,11-14,19H,3-5,10,15-17H2,1-2H3. The number of fused-ring (bicyclic) bond motifs is 1. The third-order valence-corrected chi connectivity index (χ3v) is 5.82. The molecule has 3 aromatic rings. The molecular weight excluding hydrogens is 346 g/mol. The summed E-state index contributed by atoms with van der Waals surface area (Å²) in [6.45, 7) is 5.99. The van der Waals surface area contributed by atoms with Crippen LogP contribution in [0, 0.1) is 6.92 Å². The van der Waals surface area contributed by atoms with Crippen LogP contribution in [0.5, 0.6) is 0 Å². The summed E-state index contributed by atoms with van der Waals surface area (Å²) in [7, 11) is 0. The fraction of sp³-hybridized carbons (Fsp3) is 0.417. The van der Waals surface area contributed by atoms with E-state index in [1.165, 1.54) is 24.8 Å². The Bertz CT molecular complexity index is 975. The predicted molar refractivity (Wildman–Crippen MR) is 115 cm³/mol. The number of hydrogen-bond donors (Lipinski definition) is 0. The molecule has 1 aliphatic heterocycles. The normalized spacial score (nSPS) is 17.0. The highest BCUT2D eigenvalue weighted by atomic mass is 16.2. The quantitative estimate of drug-likeness (QED) is 0.515. The van der Waals surface area contributed by atoms with E-state index >= 15 is 0 Å². The van der Waals surface area contributed by atoms with Crippen LogP contribution in [0.3, 0.4) is 0 Å². The second kappa shape index (κ2) is 8.17. The number of carbonyl (C=O) groups is 1. The Morgan fingerprint density at radius 2 is 1.82 bits per heavy atom. The van der Waals surface area contributed by atoms with Crippen LogP contribution in [0.25, 0.3) is 11.0 Å². The number of amides is 1. The zero-order valence-electron chi connectivity index (χ0n) is 16.9. The Labute approximate surface area is 167 Å². The van der Waals surface area contributed by atoms with Crippen molar-refractivity contribution < 1.29 is 4.79 Å². The maximum atomic E-state index is 12.8. The second-order valence-corrected chi connectivity index (χ2v) is 7.86. The van der Waals surface area contributed by atoms with E-state index in [2.05, 4.69) is 42.7 Å². The number of rotatable bonds is 7. The summed E-state index contributed by atoms with van der Waals surface area (Å²) in [5.41, 5.74) is 4.40. The number of anilines is 1. The van der Waals surface area contributed by atoms with E-state index in [1.54, 1.807) is 0 Å².